The van der Waals surface area contributed by atoms with Gasteiger partial charge in [-0.3, -0.25) is 51.3 Å². The molecule has 26 heteroatoms. The number of ketones is 1. The molecule has 2 atom stereocenters. The number of carbonyl (C=O) groups is 5. The molecule has 0 aliphatic carbocycles. The standard InChI is InChI=1S/C39H49N7O17P2/c1-5-56-64(54,57-6-2)60-23-27(63-65(55,58-7-3)59-8-4)17-19-30(47)28-11-9-10-12-31(28)61-39(53)62-32(48)20-18-29(37(51)52)44-35(49)24-13-15-25(16-14-24)41-21-26-22-42-34-33(43-26)36(50)46-38(40)45-34/h9-16,22,27,29,41H,5-8,17-21,23H2,1-4H3,(H,44,49)(H,51,52)(H3,40,42,45,46,50)/t27?,29-/m1/s1. The van der Waals surface area contributed by atoms with E-state index in [9.17, 15) is 43.0 Å². The Morgan fingerprint density at radius 3 is 2.12 bits per heavy atom. The van der Waals surface area contributed by atoms with Gasteiger partial charge in [-0.05, 0) is 76.9 Å². The minimum atomic E-state index is -4.17. The lowest BCUT2D eigenvalue weighted by molar-refractivity contribution is -0.141. The van der Waals surface area contributed by atoms with Crippen LogP contribution in [0.5, 0.6) is 5.75 Å². The van der Waals surface area contributed by atoms with Gasteiger partial charge in [0.1, 0.15) is 11.8 Å². The van der Waals surface area contributed by atoms with Crippen LogP contribution >= 0.6 is 15.6 Å². The molecule has 0 saturated carbocycles. The van der Waals surface area contributed by atoms with E-state index < -0.39 is 82.6 Å². The molecule has 6 N–H and O–H groups in total. The molecule has 2 aromatic carbocycles. The van der Waals surface area contributed by atoms with Gasteiger partial charge in [0.05, 0.1) is 63.1 Å². The predicted molar refractivity (Wildman–Crippen MR) is 229 cm³/mol. The summed E-state index contributed by atoms with van der Waals surface area (Å²) in [7, 11) is -8.23. The fourth-order valence-electron chi connectivity index (χ4n) is 5.58. The van der Waals surface area contributed by atoms with Crippen LogP contribution in [0.15, 0.2) is 59.5 Å². The Labute approximate surface area is 371 Å². The number of nitrogens with one attached hydrogen (secondary N) is 3. The zero-order valence-electron chi connectivity index (χ0n) is 35.7. The molecule has 0 aliphatic heterocycles. The summed E-state index contributed by atoms with van der Waals surface area (Å²) in [4.78, 5) is 90.3. The average Bonchev–Trinajstić information content (AvgIpc) is 3.25. The highest BCUT2D eigenvalue weighted by Gasteiger charge is 2.34. The van der Waals surface area contributed by atoms with Gasteiger partial charge in [-0.15, -0.1) is 0 Å². The second-order valence-electron chi connectivity index (χ2n) is 13.2. The highest BCUT2D eigenvalue weighted by atomic mass is 31.2. The first kappa shape index (κ1) is 51.7. The lowest BCUT2D eigenvalue weighted by atomic mass is 10.0. The molecule has 1 amide bonds. The Hall–Kier alpha value is -5.97. The van der Waals surface area contributed by atoms with E-state index in [1.54, 1.807) is 39.8 Å². The number of amides is 1. The van der Waals surface area contributed by atoms with Gasteiger partial charge < -0.3 is 30.9 Å². The van der Waals surface area contributed by atoms with Crippen LogP contribution in [0.1, 0.15) is 79.8 Å². The van der Waals surface area contributed by atoms with Crippen molar-refractivity contribution in [1.29, 1.82) is 0 Å². The molecule has 1 unspecified atom stereocenters. The van der Waals surface area contributed by atoms with Gasteiger partial charge in [-0.25, -0.2) is 28.7 Å². The van der Waals surface area contributed by atoms with E-state index in [0.717, 1.165) is 0 Å². The number of para-hydroxylation sites is 1. The van der Waals surface area contributed by atoms with Gasteiger partial charge in [-0.1, -0.05) is 12.1 Å². The largest absolute Gasteiger partial charge is 0.521 e. The lowest BCUT2D eigenvalue weighted by Gasteiger charge is -2.25. The number of phosphoric ester groups is 2. The van der Waals surface area contributed by atoms with Crippen LogP contribution in [-0.2, 0) is 57.1 Å². The van der Waals surface area contributed by atoms with Gasteiger partial charge in [0.2, 0.25) is 5.95 Å². The number of nitrogen functional groups attached to an aromatic ring is 1. The van der Waals surface area contributed by atoms with Gasteiger partial charge >= 0.3 is 33.7 Å². The predicted octanol–water partition coefficient (Wildman–Crippen LogP) is 5.34. The van der Waals surface area contributed by atoms with Crippen molar-refractivity contribution in [1.82, 2.24) is 25.3 Å². The first-order chi connectivity index (χ1) is 31.0. The number of hydrogen-bond donors (Lipinski definition) is 5. The molecule has 2 aromatic heterocycles. The van der Waals surface area contributed by atoms with E-state index in [1.807, 2.05) is 0 Å². The molecule has 0 fully saturated rings. The van der Waals surface area contributed by atoms with Crippen LogP contribution in [0.4, 0.5) is 16.4 Å². The molecule has 0 bridgehead atoms. The van der Waals surface area contributed by atoms with Crippen molar-refractivity contribution < 1.29 is 74.8 Å². The van der Waals surface area contributed by atoms with E-state index >= 15 is 0 Å². The lowest BCUT2D eigenvalue weighted by Crippen LogP contribution is -2.41. The van der Waals surface area contributed by atoms with Gasteiger partial charge in [0, 0.05) is 24.1 Å². The number of carboxylic acid groups (broad SMARTS) is 1. The quantitative estimate of drug-likeness (QED) is 0.0165. The van der Waals surface area contributed by atoms with Crippen LogP contribution in [-0.4, -0.2) is 100 Å². The molecule has 2 heterocycles. The third kappa shape index (κ3) is 16.2. The second-order valence-corrected chi connectivity index (χ2v) is 16.5. The van der Waals surface area contributed by atoms with Crippen LogP contribution in [0.3, 0.4) is 0 Å². The Bertz CT molecular complexity index is 2430. The molecule has 0 radical (unpaired) electrons. The maximum absolute atomic E-state index is 13.4. The van der Waals surface area contributed by atoms with Gasteiger partial charge in [0.15, 0.2) is 16.9 Å². The summed E-state index contributed by atoms with van der Waals surface area (Å²) in [5.74, 6) is -4.44. The minimum Gasteiger partial charge on any atom is -0.480 e. The highest BCUT2D eigenvalue weighted by Crippen LogP contribution is 2.53. The summed E-state index contributed by atoms with van der Waals surface area (Å²) in [6.07, 6.45) is -2.98. The third-order valence-corrected chi connectivity index (χ3v) is 11.8. The number of aromatic nitrogens is 4. The van der Waals surface area contributed by atoms with Crippen molar-refractivity contribution in [3.05, 3.63) is 81.9 Å². The molecular weight excluding hydrogens is 900 g/mol. The van der Waals surface area contributed by atoms with E-state index in [4.69, 9.17) is 42.3 Å². The van der Waals surface area contributed by atoms with E-state index in [2.05, 4.69) is 30.6 Å². The monoisotopic (exact) mass is 949 g/mol. The van der Waals surface area contributed by atoms with E-state index in [0.29, 0.717) is 11.4 Å². The first-order valence-corrected chi connectivity index (χ1v) is 23.0. The first-order valence-electron chi connectivity index (χ1n) is 20.1. The zero-order chi connectivity index (χ0) is 47.6. The number of Topliss-reactive ketones (excluding diaryl/α,β-unsaturated/α-hetero) is 1. The smallest absolute Gasteiger partial charge is 0.480 e. The van der Waals surface area contributed by atoms with Gasteiger partial charge in [-0.2, -0.15) is 4.98 Å². The fourth-order valence-corrected chi connectivity index (χ4v) is 8.15. The Kier molecular flexibility index (Phi) is 19.8. The van der Waals surface area contributed by atoms with Crippen LogP contribution in [0, 0.1) is 0 Å². The second kappa shape index (κ2) is 24.9. The number of esters is 1. The number of hydrogen-bond acceptors (Lipinski definition) is 21. The minimum absolute atomic E-state index is 0.00422. The SMILES string of the molecule is CCOP(=O)(OCC)OCC(CCC(=O)c1ccccc1OC(=O)OC(=O)CC[C@@H](NC(=O)c1ccc(NCc2cnc3nc(N)[nH]c(=O)c3n2)cc1)C(=O)O)OP(=O)(OCC)OCC. The Morgan fingerprint density at radius 2 is 1.48 bits per heavy atom. The van der Waals surface area contributed by atoms with Crippen LogP contribution in [0.25, 0.3) is 11.2 Å². The number of fused-ring (bicyclic) bond motifs is 1. The van der Waals surface area contributed by atoms with E-state index in [-0.39, 0.29) is 79.8 Å². The summed E-state index contributed by atoms with van der Waals surface area (Å²) >= 11 is 0. The molecule has 352 valence electrons. The van der Waals surface area contributed by atoms with Gasteiger partial charge in [0.25, 0.3) is 11.5 Å². The number of nitrogens with two attached hydrogens (primary N) is 1. The number of aromatic amines is 1. The maximum Gasteiger partial charge on any atom is 0.521 e. The number of rotatable bonds is 27. The van der Waals surface area contributed by atoms with Crippen molar-refractivity contribution in [3.63, 3.8) is 0 Å². The maximum atomic E-state index is 13.4. The van der Waals surface area contributed by atoms with Crippen LogP contribution < -0.4 is 26.7 Å². The highest BCUT2D eigenvalue weighted by molar-refractivity contribution is 7.48. The normalized spacial score (nSPS) is 12.6. The Balaban J connectivity index is 1.30. The number of aliphatic carboxylic acids is 1. The van der Waals surface area contributed by atoms with E-state index in [1.165, 1.54) is 42.6 Å². The number of phosphoric acid groups is 2. The van der Waals surface area contributed by atoms with Crippen molar-refractivity contribution >= 4 is 68.2 Å². The summed E-state index contributed by atoms with van der Waals surface area (Å²) < 4.78 is 67.7. The molecule has 4 rings (SSSR count). The molecular formula is C39H49N7O17P2. The third-order valence-electron chi connectivity index (χ3n) is 8.46. The van der Waals surface area contributed by atoms with Crippen molar-refractivity contribution in [2.45, 2.75) is 72.1 Å². The fraction of sp³-hybridized carbons (Fsp3) is 0.410. The molecule has 65 heavy (non-hydrogen) atoms. The van der Waals surface area contributed by atoms with Crippen LogP contribution in [0.2, 0.25) is 0 Å². The molecule has 0 aliphatic rings. The molecule has 0 spiro atoms. The van der Waals surface area contributed by atoms with Crippen molar-refractivity contribution in [3.8, 4) is 5.75 Å². The zero-order valence-corrected chi connectivity index (χ0v) is 37.5. The summed E-state index contributed by atoms with van der Waals surface area (Å²) in [6.45, 7) is 5.74. The number of carboxylic acids is 1. The number of carbonyl (C=O) groups excluding carboxylic acids is 4. The number of nitrogens with zero attached hydrogens (tertiary/aromatic N) is 3. The number of ether oxygens (including phenoxy) is 2. The van der Waals surface area contributed by atoms with Crippen molar-refractivity contribution in [2.24, 2.45) is 0 Å². The van der Waals surface area contributed by atoms with Crippen molar-refractivity contribution in [2.75, 3.05) is 44.1 Å². The number of H-pyrrole nitrogens is 1. The summed E-state index contributed by atoms with van der Waals surface area (Å²) in [6, 6.07) is 9.85. The molecule has 24 nitrogen and oxygen atoms in total. The molecule has 4 aromatic rings. The Morgan fingerprint density at radius 1 is 0.831 bits per heavy atom. The number of benzene rings is 2. The summed E-state index contributed by atoms with van der Waals surface area (Å²) in [5, 5.41) is 15.1. The average molecular weight is 950 g/mol. The molecule has 0 saturated heterocycles. The summed E-state index contributed by atoms with van der Waals surface area (Å²) in [5.41, 5.74) is 5.99. The number of anilines is 2. The topological polar surface area (TPSA) is 335 Å².